The van der Waals surface area contributed by atoms with Crippen LogP contribution in [0.4, 0.5) is 0 Å². The fourth-order valence-electron chi connectivity index (χ4n) is 1.25. The fourth-order valence-corrected chi connectivity index (χ4v) is 2.68. The van der Waals surface area contributed by atoms with E-state index >= 15 is 0 Å². The standard InChI is InChI=1S/C12H14O2S2/c1-9-5-4-6-10(7-9)11(13)8-12(15-2)16(3)14/h4-8H,1-3H3/b12-8+. The molecule has 0 bridgehead atoms. The number of allylic oxidation sites excluding steroid dienone is 1. The van der Waals surface area contributed by atoms with Crippen LogP contribution in [0.2, 0.25) is 0 Å². The van der Waals surface area contributed by atoms with Crippen LogP contribution < -0.4 is 0 Å². The first kappa shape index (κ1) is 13.2. The zero-order valence-corrected chi connectivity index (χ0v) is 11.2. The van der Waals surface area contributed by atoms with Gasteiger partial charge < -0.3 is 0 Å². The molecule has 1 rings (SSSR count). The van der Waals surface area contributed by atoms with E-state index < -0.39 is 10.8 Å². The van der Waals surface area contributed by atoms with Crippen LogP contribution in [0.3, 0.4) is 0 Å². The number of hydrogen-bond donors (Lipinski definition) is 0. The Balaban J connectivity index is 2.99. The van der Waals surface area contributed by atoms with Gasteiger partial charge in [0.15, 0.2) is 5.78 Å². The summed E-state index contributed by atoms with van der Waals surface area (Å²) in [6.07, 6.45) is 4.85. The van der Waals surface area contributed by atoms with Gasteiger partial charge in [0, 0.05) is 17.9 Å². The minimum atomic E-state index is -1.10. The number of ketones is 1. The third-order valence-electron chi connectivity index (χ3n) is 2.04. The SMILES string of the molecule is CS/C(=C\C(=O)c1cccc(C)c1)S(C)=O. The number of rotatable bonds is 4. The van der Waals surface area contributed by atoms with Crippen molar-refractivity contribution in [2.45, 2.75) is 6.92 Å². The lowest BCUT2D eigenvalue weighted by Gasteiger charge is -2.00. The molecule has 0 aliphatic carbocycles. The molecule has 0 N–H and O–H groups in total. The first-order valence-electron chi connectivity index (χ1n) is 4.74. The third-order valence-corrected chi connectivity index (χ3v) is 4.44. The Morgan fingerprint density at radius 1 is 1.44 bits per heavy atom. The highest BCUT2D eigenvalue weighted by atomic mass is 32.2. The van der Waals surface area contributed by atoms with E-state index in [1.165, 1.54) is 17.8 Å². The average Bonchev–Trinajstić information content (AvgIpc) is 2.25. The van der Waals surface area contributed by atoms with Crippen LogP contribution in [0, 0.1) is 6.92 Å². The Morgan fingerprint density at radius 2 is 2.12 bits per heavy atom. The number of benzene rings is 1. The van der Waals surface area contributed by atoms with Gasteiger partial charge >= 0.3 is 0 Å². The molecule has 4 heteroatoms. The first-order valence-corrected chi connectivity index (χ1v) is 7.53. The summed E-state index contributed by atoms with van der Waals surface area (Å²) in [4.78, 5) is 11.8. The van der Waals surface area contributed by atoms with Gasteiger partial charge in [-0.2, -0.15) is 0 Å². The van der Waals surface area contributed by atoms with Gasteiger partial charge in [0.2, 0.25) is 0 Å². The Kier molecular flexibility index (Phi) is 4.96. The van der Waals surface area contributed by atoms with Crippen LogP contribution in [-0.2, 0) is 10.8 Å². The minimum Gasteiger partial charge on any atom is -0.289 e. The molecular formula is C12H14O2S2. The molecular weight excluding hydrogens is 240 g/mol. The normalized spacial score (nSPS) is 13.6. The summed E-state index contributed by atoms with van der Waals surface area (Å²) in [5.41, 5.74) is 1.68. The second kappa shape index (κ2) is 6.01. The zero-order valence-electron chi connectivity index (χ0n) is 9.52. The van der Waals surface area contributed by atoms with E-state index in [2.05, 4.69) is 0 Å². The summed E-state index contributed by atoms with van der Waals surface area (Å²) in [6, 6.07) is 7.38. The van der Waals surface area contributed by atoms with Gasteiger partial charge in [-0.1, -0.05) is 23.8 Å². The van der Waals surface area contributed by atoms with E-state index in [-0.39, 0.29) is 5.78 Å². The Labute approximate surface area is 103 Å². The summed E-state index contributed by atoms with van der Waals surface area (Å²) >= 11 is 1.35. The highest BCUT2D eigenvalue weighted by Gasteiger charge is 2.07. The molecule has 0 amide bonds. The summed E-state index contributed by atoms with van der Waals surface area (Å²) in [5, 5.41) is 0. The lowest BCUT2D eigenvalue weighted by molar-refractivity contribution is 0.104. The zero-order chi connectivity index (χ0) is 12.1. The Morgan fingerprint density at radius 3 is 2.62 bits per heavy atom. The highest BCUT2D eigenvalue weighted by Crippen LogP contribution is 2.16. The fraction of sp³-hybridized carbons (Fsp3) is 0.250. The largest absolute Gasteiger partial charge is 0.289 e. The lowest BCUT2D eigenvalue weighted by Crippen LogP contribution is -1.98. The molecule has 1 aromatic carbocycles. The van der Waals surface area contributed by atoms with Gasteiger partial charge in [0.05, 0.1) is 15.0 Å². The van der Waals surface area contributed by atoms with Crippen molar-refractivity contribution < 1.29 is 9.00 Å². The van der Waals surface area contributed by atoms with Crippen molar-refractivity contribution in [3.63, 3.8) is 0 Å². The molecule has 0 aliphatic heterocycles. The number of thioether (sulfide) groups is 1. The van der Waals surface area contributed by atoms with Crippen molar-refractivity contribution in [3.05, 3.63) is 45.7 Å². The third kappa shape index (κ3) is 3.61. The molecule has 0 aliphatic rings. The van der Waals surface area contributed by atoms with Crippen LogP contribution >= 0.6 is 11.8 Å². The molecule has 0 radical (unpaired) electrons. The molecule has 0 heterocycles. The van der Waals surface area contributed by atoms with Crippen molar-refractivity contribution in [1.29, 1.82) is 0 Å². The predicted molar refractivity (Wildman–Crippen MR) is 71.2 cm³/mol. The van der Waals surface area contributed by atoms with E-state index in [0.717, 1.165) is 5.56 Å². The van der Waals surface area contributed by atoms with Crippen molar-refractivity contribution in [3.8, 4) is 0 Å². The minimum absolute atomic E-state index is 0.0942. The smallest absolute Gasteiger partial charge is 0.187 e. The van der Waals surface area contributed by atoms with Crippen LogP contribution in [0.15, 0.2) is 34.6 Å². The van der Waals surface area contributed by atoms with E-state index in [1.807, 2.05) is 31.4 Å². The Bertz CT molecular complexity index is 450. The van der Waals surface area contributed by atoms with Crippen molar-refractivity contribution in [2.24, 2.45) is 0 Å². The summed E-state index contributed by atoms with van der Waals surface area (Å²) in [7, 11) is -1.10. The number of hydrogen-bond acceptors (Lipinski definition) is 3. The maximum atomic E-state index is 11.8. The summed E-state index contributed by atoms with van der Waals surface area (Å²) < 4.78 is 11.9. The molecule has 0 fully saturated rings. The van der Waals surface area contributed by atoms with E-state index in [4.69, 9.17) is 0 Å². The lowest BCUT2D eigenvalue weighted by atomic mass is 10.1. The highest BCUT2D eigenvalue weighted by molar-refractivity contribution is 8.15. The molecule has 0 aromatic heterocycles. The predicted octanol–water partition coefficient (Wildman–Crippen LogP) is 2.76. The number of carbonyl (C=O) groups is 1. The number of carbonyl (C=O) groups excluding carboxylic acids is 1. The van der Waals surface area contributed by atoms with E-state index in [1.54, 1.807) is 12.3 Å². The van der Waals surface area contributed by atoms with Gasteiger partial charge in [-0.05, 0) is 19.2 Å². The van der Waals surface area contributed by atoms with Gasteiger partial charge in [0.1, 0.15) is 0 Å². The van der Waals surface area contributed by atoms with Gasteiger partial charge in [-0.3, -0.25) is 9.00 Å². The van der Waals surface area contributed by atoms with Gasteiger partial charge in [0.25, 0.3) is 0 Å². The van der Waals surface area contributed by atoms with Crippen molar-refractivity contribution >= 4 is 28.3 Å². The van der Waals surface area contributed by atoms with Gasteiger partial charge in [-0.25, -0.2) is 0 Å². The van der Waals surface area contributed by atoms with Crippen molar-refractivity contribution in [1.82, 2.24) is 0 Å². The van der Waals surface area contributed by atoms with Gasteiger partial charge in [-0.15, -0.1) is 11.8 Å². The molecule has 0 spiro atoms. The molecule has 86 valence electrons. The molecule has 2 nitrogen and oxygen atoms in total. The topological polar surface area (TPSA) is 34.1 Å². The van der Waals surface area contributed by atoms with Crippen LogP contribution in [-0.4, -0.2) is 22.5 Å². The van der Waals surface area contributed by atoms with Crippen LogP contribution in [0.25, 0.3) is 0 Å². The molecule has 16 heavy (non-hydrogen) atoms. The quantitative estimate of drug-likeness (QED) is 0.612. The Hall–Kier alpha value is -0.870. The molecule has 0 saturated carbocycles. The summed E-state index contributed by atoms with van der Waals surface area (Å²) in [6.45, 7) is 1.94. The number of aryl methyl sites for hydroxylation is 1. The molecule has 1 atom stereocenters. The second-order valence-electron chi connectivity index (χ2n) is 3.36. The molecule has 0 saturated heterocycles. The molecule has 1 unspecified atom stereocenters. The summed E-state index contributed by atoms with van der Waals surface area (Å²) in [5.74, 6) is -0.0942. The first-order chi connectivity index (χ1) is 7.54. The van der Waals surface area contributed by atoms with E-state index in [0.29, 0.717) is 9.80 Å². The maximum Gasteiger partial charge on any atom is 0.187 e. The monoisotopic (exact) mass is 254 g/mol. The van der Waals surface area contributed by atoms with Crippen molar-refractivity contribution in [2.75, 3.05) is 12.5 Å². The molecule has 1 aromatic rings. The van der Waals surface area contributed by atoms with Crippen LogP contribution in [0.5, 0.6) is 0 Å². The van der Waals surface area contributed by atoms with Crippen LogP contribution in [0.1, 0.15) is 15.9 Å². The second-order valence-corrected chi connectivity index (χ2v) is 5.81. The maximum absolute atomic E-state index is 11.8. The average molecular weight is 254 g/mol. The van der Waals surface area contributed by atoms with E-state index in [9.17, 15) is 9.00 Å².